The van der Waals surface area contributed by atoms with Crippen molar-refractivity contribution in [1.29, 1.82) is 0 Å². The molecular weight excluding hydrogens is 539 g/mol. The molecule has 5 rings (SSSR count). The lowest BCUT2D eigenvalue weighted by Crippen LogP contribution is -2.35. The highest BCUT2D eigenvalue weighted by molar-refractivity contribution is 7.91. The van der Waals surface area contributed by atoms with E-state index in [9.17, 15) is 13.2 Å². The number of benzene rings is 1. The first kappa shape index (κ1) is 25.6. The van der Waals surface area contributed by atoms with Gasteiger partial charge in [-0.1, -0.05) is 29.3 Å². The minimum absolute atomic E-state index is 0.0299. The number of carboxylic acids is 1. The largest absolute Gasteiger partial charge is 0.481 e. The number of fused-ring (bicyclic) bond motifs is 1. The summed E-state index contributed by atoms with van der Waals surface area (Å²) >= 11 is 12.2. The number of nitrogens with zero attached hydrogens (tertiary/aromatic N) is 5. The van der Waals surface area contributed by atoms with E-state index < -0.39 is 15.8 Å². The Kier molecular flexibility index (Phi) is 7.19. The molecule has 0 radical (unpaired) electrons. The number of rotatable bonds is 6. The van der Waals surface area contributed by atoms with Crippen LogP contribution in [0, 0.1) is 0 Å². The Balaban J connectivity index is 1.43. The van der Waals surface area contributed by atoms with Gasteiger partial charge in [0.1, 0.15) is 10.7 Å². The van der Waals surface area contributed by atoms with Crippen LogP contribution >= 0.6 is 23.2 Å². The highest BCUT2D eigenvalue weighted by atomic mass is 35.5. The molecule has 1 saturated heterocycles. The molecule has 0 bridgehead atoms. The van der Waals surface area contributed by atoms with Crippen LogP contribution in [-0.4, -0.2) is 58.3 Å². The topological polar surface area (TPSA) is 138 Å². The lowest BCUT2D eigenvalue weighted by Gasteiger charge is -2.32. The number of carboxylic acid groups (broad SMARTS) is 1. The number of halogens is 2. The maximum atomic E-state index is 13.0. The van der Waals surface area contributed by atoms with E-state index in [4.69, 9.17) is 28.3 Å². The van der Waals surface area contributed by atoms with Crippen molar-refractivity contribution in [2.75, 3.05) is 29.1 Å². The van der Waals surface area contributed by atoms with E-state index in [-0.39, 0.29) is 33.8 Å². The van der Waals surface area contributed by atoms with Gasteiger partial charge in [-0.05, 0) is 43.4 Å². The van der Waals surface area contributed by atoms with Crippen molar-refractivity contribution in [2.24, 2.45) is 0 Å². The van der Waals surface area contributed by atoms with Gasteiger partial charge in [-0.3, -0.25) is 4.79 Å². The second-order valence-electron chi connectivity index (χ2n) is 9.09. The van der Waals surface area contributed by atoms with Gasteiger partial charge in [0.2, 0.25) is 5.95 Å². The van der Waals surface area contributed by atoms with Gasteiger partial charge in [-0.25, -0.2) is 23.4 Å². The number of hydrogen-bond acceptors (Lipinski definition) is 9. The lowest BCUT2D eigenvalue weighted by molar-refractivity contribution is -0.136. The van der Waals surface area contributed by atoms with Gasteiger partial charge >= 0.3 is 5.97 Å². The minimum Gasteiger partial charge on any atom is -0.481 e. The first-order chi connectivity index (χ1) is 17.7. The second kappa shape index (κ2) is 10.4. The van der Waals surface area contributed by atoms with E-state index in [1.54, 1.807) is 30.6 Å². The Labute approximate surface area is 224 Å². The summed E-state index contributed by atoms with van der Waals surface area (Å²) in [5.41, 5.74) is 1.46. The van der Waals surface area contributed by atoms with E-state index in [0.29, 0.717) is 53.8 Å². The number of sulfone groups is 1. The molecule has 1 aromatic carbocycles. The van der Waals surface area contributed by atoms with Crippen LogP contribution in [0.4, 0.5) is 17.5 Å². The maximum Gasteiger partial charge on any atom is 0.307 e. The fraction of sp³-hybridized carbons (Fsp3) is 0.375. The Morgan fingerprint density at radius 3 is 2.54 bits per heavy atom. The molecule has 0 aliphatic carbocycles. The van der Waals surface area contributed by atoms with Crippen molar-refractivity contribution in [3.8, 4) is 0 Å². The second-order valence-corrected chi connectivity index (χ2v) is 12.0. The molecule has 2 N–H and O–H groups in total. The quantitative estimate of drug-likeness (QED) is 0.452. The van der Waals surface area contributed by atoms with Crippen molar-refractivity contribution in [3.05, 3.63) is 57.7 Å². The summed E-state index contributed by atoms with van der Waals surface area (Å²) in [4.78, 5) is 31.2. The van der Waals surface area contributed by atoms with Crippen LogP contribution in [-0.2, 0) is 27.5 Å². The Bertz CT molecular complexity index is 1440. The third-order valence-corrected chi connectivity index (χ3v) is 8.93. The summed E-state index contributed by atoms with van der Waals surface area (Å²) < 4.78 is 26.0. The van der Waals surface area contributed by atoms with Gasteiger partial charge in [0.15, 0.2) is 15.7 Å². The Morgan fingerprint density at radius 1 is 1.14 bits per heavy atom. The van der Waals surface area contributed by atoms with Crippen LogP contribution in [0.5, 0.6) is 0 Å². The van der Waals surface area contributed by atoms with Crippen molar-refractivity contribution in [1.82, 2.24) is 19.9 Å². The van der Waals surface area contributed by atoms with E-state index in [1.165, 1.54) is 0 Å². The van der Waals surface area contributed by atoms with Crippen LogP contribution < -0.4 is 10.2 Å². The number of carbonyl (C=O) groups is 1. The number of hydrogen-bond donors (Lipinski definition) is 2. The zero-order valence-electron chi connectivity index (χ0n) is 19.7. The third-order valence-electron chi connectivity index (χ3n) is 6.50. The molecule has 2 aliphatic heterocycles. The summed E-state index contributed by atoms with van der Waals surface area (Å²) in [6.45, 7) is 1.33. The van der Waals surface area contributed by atoms with E-state index >= 15 is 0 Å². The van der Waals surface area contributed by atoms with Crippen LogP contribution in [0.25, 0.3) is 0 Å². The monoisotopic (exact) mass is 562 g/mol. The van der Waals surface area contributed by atoms with Crippen molar-refractivity contribution < 1.29 is 18.3 Å². The van der Waals surface area contributed by atoms with Crippen LogP contribution in [0.2, 0.25) is 10.0 Å². The SMILES string of the molecule is O=C(O)Cc1ccc(Nc2nc(N3CCC(c4ncc(Cl)cn4)CC3)nc3c2S(=O)(=O)CCC3)cc1Cl. The number of piperidine rings is 1. The smallest absolute Gasteiger partial charge is 0.307 e. The highest BCUT2D eigenvalue weighted by Gasteiger charge is 2.32. The van der Waals surface area contributed by atoms with Crippen molar-refractivity contribution in [3.63, 3.8) is 0 Å². The molecule has 37 heavy (non-hydrogen) atoms. The first-order valence-corrected chi connectivity index (χ1v) is 14.2. The highest BCUT2D eigenvalue weighted by Crippen LogP contribution is 2.35. The fourth-order valence-electron chi connectivity index (χ4n) is 4.68. The first-order valence-electron chi connectivity index (χ1n) is 11.8. The molecule has 0 amide bonds. The molecule has 0 unspecified atom stereocenters. The van der Waals surface area contributed by atoms with Gasteiger partial charge in [-0.2, -0.15) is 4.98 Å². The molecule has 0 spiro atoms. The van der Waals surface area contributed by atoms with E-state index in [1.807, 2.05) is 4.90 Å². The molecule has 0 atom stereocenters. The standard InChI is InChI=1S/C24H24Cl2N6O4S/c25-16-12-27-22(28-13-16)14-5-7-32(8-6-14)24-30-19-2-1-9-37(35,36)21(19)23(31-24)29-17-4-3-15(10-20(33)34)18(26)11-17/h3-4,11-14H,1-2,5-10H2,(H,33,34)(H,29,30,31). The van der Waals surface area contributed by atoms with Gasteiger partial charge < -0.3 is 15.3 Å². The maximum absolute atomic E-state index is 13.0. The van der Waals surface area contributed by atoms with Crippen LogP contribution in [0.3, 0.4) is 0 Å². The zero-order chi connectivity index (χ0) is 26.2. The molecule has 0 saturated carbocycles. The minimum atomic E-state index is -3.57. The van der Waals surface area contributed by atoms with Crippen molar-refractivity contribution >= 4 is 56.5 Å². The number of nitrogens with one attached hydrogen (secondary N) is 1. The molecule has 1 fully saturated rings. The molecule has 194 valence electrons. The van der Waals surface area contributed by atoms with Gasteiger partial charge in [0, 0.05) is 42.1 Å². The Morgan fingerprint density at radius 2 is 1.86 bits per heavy atom. The zero-order valence-corrected chi connectivity index (χ0v) is 22.0. The predicted molar refractivity (Wildman–Crippen MR) is 140 cm³/mol. The number of aliphatic carboxylic acids is 1. The third kappa shape index (κ3) is 5.63. The molecule has 13 heteroatoms. The molecule has 3 aromatic rings. The fourth-order valence-corrected chi connectivity index (χ4v) is 6.65. The average molecular weight is 563 g/mol. The van der Waals surface area contributed by atoms with Crippen molar-refractivity contribution in [2.45, 2.75) is 42.9 Å². The van der Waals surface area contributed by atoms with Crippen LogP contribution in [0.1, 0.15) is 42.3 Å². The van der Waals surface area contributed by atoms with E-state index in [0.717, 1.165) is 18.7 Å². The predicted octanol–water partition coefficient (Wildman–Crippen LogP) is 4.05. The summed E-state index contributed by atoms with van der Waals surface area (Å²) in [5.74, 6) is 0.645. The van der Waals surface area contributed by atoms with Gasteiger partial charge in [0.25, 0.3) is 0 Å². The van der Waals surface area contributed by atoms with Gasteiger partial charge in [0.05, 0.1) is 22.9 Å². The average Bonchev–Trinajstić information content (AvgIpc) is 2.85. The summed E-state index contributed by atoms with van der Waals surface area (Å²) in [5, 5.41) is 12.9. The van der Waals surface area contributed by atoms with E-state index in [2.05, 4.69) is 25.3 Å². The molecular formula is C24H24Cl2N6O4S. The summed E-state index contributed by atoms with van der Waals surface area (Å²) in [7, 11) is -3.57. The number of anilines is 3. The normalized spacial score (nSPS) is 17.3. The van der Waals surface area contributed by atoms with Crippen LogP contribution in [0.15, 0.2) is 35.5 Å². The number of aryl methyl sites for hydroxylation is 1. The molecule has 4 heterocycles. The molecule has 10 nitrogen and oxygen atoms in total. The molecule has 2 aliphatic rings. The summed E-state index contributed by atoms with van der Waals surface area (Å²) in [6.07, 6.45) is 5.61. The van der Waals surface area contributed by atoms with Gasteiger partial charge in [-0.15, -0.1) is 0 Å². The Hall–Kier alpha value is -3.02. The lowest BCUT2D eigenvalue weighted by atomic mass is 9.96. The number of aromatic nitrogens is 4. The molecule has 2 aromatic heterocycles. The summed E-state index contributed by atoms with van der Waals surface area (Å²) in [6, 6.07) is 4.83.